The second-order valence-electron chi connectivity index (χ2n) is 3.95. The Balaban J connectivity index is 2.48. The summed E-state index contributed by atoms with van der Waals surface area (Å²) in [6.07, 6.45) is 1.10. The smallest absolute Gasteiger partial charge is 0.0389 e. The summed E-state index contributed by atoms with van der Waals surface area (Å²) >= 11 is 3.56. The summed E-state index contributed by atoms with van der Waals surface area (Å²) in [4.78, 5) is 0. The van der Waals surface area contributed by atoms with Crippen molar-refractivity contribution >= 4 is 21.6 Å². The van der Waals surface area contributed by atoms with Gasteiger partial charge in [0.2, 0.25) is 0 Å². The molecule has 0 aliphatic carbocycles. The highest BCUT2D eigenvalue weighted by molar-refractivity contribution is 9.10. The van der Waals surface area contributed by atoms with Crippen LogP contribution >= 0.6 is 15.9 Å². The second-order valence-corrected chi connectivity index (χ2v) is 4.81. The first-order valence-electron chi connectivity index (χ1n) is 4.14. The third kappa shape index (κ3) is 1.24. The minimum atomic E-state index is 0.214. The molecule has 0 unspecified atom stereocenters. The van der Waals surface area contributed by atoms with E-state index in [4.69, 9.17) is 0 Å². The molecule has 1 nitrogen and oxygen atoms in total. The molecular formula is C10H12BrN. The molecule has 0 saturated heterocycles. The maximum Gasteiger partial charge on any atom is 0.0389 e. The Bertz CT molecular complexity index is 318. The third-order valence-electron chi connectivity index (χ3n) is 2.21. The number of rotatable bonds is 0. The fourth-order valence-corrected chi connectivity index (χ4v) is 2.21. The molecule has 12 heavy (non-hydrogen) atoms. The lowest BCUT2D eigenvalue weighted by molar-refractivity contribution is 0.593. The van der Waals surface area contributed by atoms with Crippen LogP contribution in [0.4, 0.5) is 5.69 Å². The van der Waals surface area contributed by atoms with E-state index in [1.807, 2.05) is 0 Å². The highest BCUT2D eigenvalue weighted by Crippen LogP contribution is 2.36. The van der Waals surface area contributed by atoms with E-state index in [0.717, 1.165) is 6.42 Å². The fourth-order valence-electron chi connectivity index (χ4n) is 1.71. The van der Waals surface area contributed by atoms with Crippen LogP contribution < -0.4 is 5.32 Å². The van der Waals surface area contributed by atoms with Crippen LogP contribution in [0.1, 0.15) is 19.4 Å². The van der Waals surface area contributed by atoms with Gasteiger partial charge in [-0.15, -0.1) is 0 Å². The lowest BCUT2D eigenvalue weighted by Gasteiger charge is -2.17. The van der Waals surface area contributed by atoms with Gasteiger partial charge in [-0.3, -0.25) is 0 Å². The first-order chi connectivity index (χ1) is 5.58. The van der Waals surface area contributed by atoms with Crippen LogP contribution in [0.5, 0.6) is 0 Å². The lowest BCUT2D eigenvalue weighted by atomic mass is 10.0. The summed E-state index contributed by atoms with van der Waals surface area (Å²) in [5.41, 5.74) is 2.89. The summed E-state index contributed by atoms with van der Waals surface area (Å²) in [7, 11) is 0. The highest BCUT2D eigenvalue weighted by atomic mass is 79.9. The molecule has 0 radical (unpaired) electrons. The predicted octanol–water partition coefficient (Wildman–Crippen LogP) is 3.20. The van der Waals surface area contributed by atoms with Gasteiger partial charge in [-0.05, 0) is 38.0 Å². The van der Waals surface area contributed by atoms with Crippen LogP contribution in [-0.2, 0) is 6.42 Å². The van der Waals surface area contributed by atoms with Crippen molar-refractivity contribution in [2.45, 2.75) is 25.8 Å². The van der Waals surface area contributed by atoms with Gasteiger partial charge < -0.3 is 5.32 Å². The number of halogens is 1. The Morgan fingerprint density at radius 2 is 2.17 bits per heavy atom. The number of anilines is 1. The van der Waals surface area contributed by atoms with E-state index in [1.165, 1.54) is 15.7 Å². The molecule has 64 valence electrons. The van der Waals surface area contributed by atoms with Crippen molar-refractivity contribution in [3.8, 4) is 0 Å². The van der Waals surface area contributed by atoms with Crippen LogP contribution in [0.15, 0.2) is 22.7 Å². The molecule has 0 saturated carbocycles. The van der Waals surface area contributed by atoms with Crippen molar-refractivity contribution in [1.82, 2.24) is 0 Å². The van der Waals surface area contributed by atoms with Crippen molar-refractivity contribution in [2.24, 2.45) is 0 Å². The van der Waals surface area contributed by atoms with Gasteiger partial charge in [0, 0.05) is 15.7 Å². The molecule has 1 N–H and O–H groups in total. The zero-order valence-corrected chi connectivity index (χ0v) is 8.90. The second kappa shape index (κ2) is 2.49. The summed E-state index contributed by atoms with van der Waals surface area (Å²) in [5.74, 6) is 0. The van der Waals surface area contributed by atoms with Gasteiger partial charge in [0.1, 0.15) is 0 Å². The highest BCUT2D eigenvalue weighted by Gasteiger charge is 2.28. The van der Waals surface area contributed by atoms with Gasteiger partial charge in [-0.25, -0.2) is 0 Å². The van der Waals surface area contributed by atoms with E-state index < -0.39 is 0 Å². The molecule has 0 bridgehead atoms. The lowest BCUT2D eigenvalue weighted by Crippen LogP contribution is -2.27. The quantitative estimate of drug-likeness (QED) is 0.716. The summed E-state index contributed by atoms with van der Waals surface area (Å²) in [6, 6.07) is 6.30. The van der Waals surface area contributed by atoms with E-state index in [9.17, 15) is 0 Å². The van der Waals surface area contributed by atoms with Gasteiger partial charge in [-0.2, -0.15) is 0 Å². The van der Waals surface area contributed by atoms with Gasteiger partial charge >= 0.3 is 0 Å². The number of nitrogens with one attached hydrogen (secondary N) is 1. The Kier molecular flexibility index (Phi) is 1.69. The molecule has 2 heteroatoms. The van der Waals surface area contributed by atoms with Crippen LogP contribution in [0.25, 0.3) is 0 Å². The summed E-state index contributed by atoms with van der Waals surface area (Å²) in [6.45, 7) is 4.44. The zero-order chi connectivity index (χ0) is 8.77. The SMILES string of the molecule is CC1(C)Cc2c(Br)cccc2N1. The zero-order valence-electron chi connectivity index (χ0n) is 7.32. The molecule has 1 aromatic rings. The molecule has 1 aliphatic rings. The molecule has 1 aliphatic heterocycles. The van der Waals surface area contributed by atoms with Crippen LogP contribution in [-0.4, -0.2) is 5.54 Å². The normalized spacial score (nSPS) is 18.6. The van der Waals surface area contributed by atoms with Crippen LogP contribution in [0, 0.1) is 0 Å². The van der Waals surface area contributed by atoms with Gasteiger partial charge in [0.05, 0.1) is 0 Å². The fraction of sp³-hybridized carbons (Fsp3) is 0.400. The topological polar surface area (TPSA) is 12.0 Å². The first kappa shape index (κ1) is 8.11. The number of fused-ring (bicyclic) bond motifs is 1. The number of benzene rings is 1. The molecule has 0 aromatic heterocycles. The van der Waals surface area contributed by atoms with Crippen molar-refractivity contribution in [3.63, 3.8) is 0 Å². The molecule has 0 amide bonds. The molecule has 0 spiro atoms. The van der Waals surface area contributed by atoms with Crippen LogP contribution in [0.3, 0.4) is 0 Å². The molecule has 2 rings (SSSR count). The van der Waals surface area contributed by atoms with E-state index in [0.29, 0.717) is 0 Å². The number of hydrogen-bond donors (Lipinski definition) is 1. The average Bonchev–Trinajstić information content (AvgIpc) is 2.25. The molecule has 1 aromatic carbocycles. The van der Waals surface area contributed by atoms with Crippen molar-refractivity contribution < 1.29 is 0 Å². The number of hydrogen-bond acceptors (Lipinski definition) is 1. The van der Waals surface area contributed by atoms with Gasteiger partial charge in [-0.1, -0.05) is 22.0 Å². The first-order valence-corrected chi connectivity index (χ1v) is 4.93. The largest absolute Gasteiger partial charge is 0.380 e. The minimum absolute atomic E-state index is 0.214. The van der Waals surface area contributed by atoms with Crippen molar-refractivity contribution in [3.05, 3.63) is 28.2 Å². The summed E-state index contributed by atoms with van der Waals surface area (Å²) in [5, 5.41) is 3.48. The molecular weight excluding hydrogens is 214 g/mol. The third-order valence-corrected chi connectivity index (χ3v) is 2.95. The Morgan fingerprint density at radius 3 is 2.83 bits per heavy atom. The van der Waals surface area contributed by atoms with E-state index in [-0.39, 0.29) is 5.54 Å². The van der Waals surface area contributed by atoms with Crippen molar-refractivity contribution in [2.75, 3.05) is 5.32 Å². The van der Waals surface area contributed by atoms with E-state index >= 15 is 0 Å². The van der Waals surface area contributed by atoms with E-state index in [2.05, 4.69) is 53.3 Å². The maximum absolute atomic E-state index is 3.56. The van der Waals surface area contributed by atoms with Crippen molar-refractivity contribution in [1.29, 1.82) is 0 Å². The molecule has 0 fully saturated rings. The standard InChI is InChI=1S/C10H12BrN/c1-10(2)6-7-8(11)4-3-5-9(7)12-10/h3-5,12H,6H2,1-2H3. The summed E-state index contributed by atoms with van der Waals surface area (Å²) < 4.78 is 1.22. The minimum Gasteiger partial charge on any atom is -0.380 e. The maximum atomic E-state index is 3.56. The van der Waals surface area contributed by atoms with Crippen LogP contribution in [0.2, 0.25) is 0 Å². The van der Waals surface area contributed by atoms with Gasteiger partial charge in [0.15, 0.2) is 0 Å². The predicted molar refractivity (Wildman–Crippen MR) is 55.5 cm³/mol. The monoisotopic (exact) mass is 225 g/mol. The van der Waals surface area contributed by atoms with E-state index in [1.54, 1.807) is 0 Å². The molecule has 1 heterocycles. The van der Waals surface area contributed by atoms with Gasteiger partial charge in [0.25, 0.3) is 0 Å². The average molecular weight is 226 g/mol. The Morgan fingerprint density at radius 1 is 1.42 bits per heavy atom. The molecule has 0 atom stereocenters. The Labute approximate surface area is 81.3 Å². The Hall–Kier alpha value is -0.500.